The number of esters is 1. The number of rotatable bonds is 6. The minimum atomic E-state index is -0.526. The lowest BCUT2D eigenvalue weighted by Gasteiger charge is -2.10. The first kappa shape index (κ1) is 18.9. The summed E-state index contributed by atoms with van der Waals surface area (Å²) in [6, 6.07) is 19.1. The van der Waals surface area contributed by atoms with Gasteiger partial charge in [-0.15, -0.1) is 10.2 Å². The second-order valence-electron chi connectivity index (χ2n) is 6.03. The molecular weight excluding hydrogens is 393 g/mol. The molecule has 0 aliphatic heterocycles. The summed E-state index contributed by atoms with van der Waals surface area (Å²) in [5, 5.41) is 9.27. The zero-order valence-corrected chi connectivity index (χ0v) is 16.2. The molecule has 0 unspecified atom stereocenters. The molecule has 6 nitrogen and oxygen atoms in total. The molecule has 29 heavy (non-hydrogen) atoms. The Morgan fingerprint density at radius 2 is 1.83 bits per heavy atom. The summed E-state index contributed by atoms with van der Waals surface area (Å²) < 4.78 is 25.5. The van der Waals surface area contributed by atoms with E-state index in [9.17, 15) is 9.18 Å². The molecule has 0 N–H and O–H groups in total. The molecule has 2 aromatic heterocycles. The van der Waals surface area contributed by atoms with E-state index in [1.165, 1.54) is 31.0 Å². The van der Waals surface area contributed by atoms with Crippen molar-refractivity contribution in [2.75, 3.05) is 7.11 Å². The lowest BCUT2D eigenvalue weighted by atomic mass is 10.2. The SMILES string of the molecule is COC(=O)c1ccc(CSc2nnc(-c3ccccc3)n2-c2ccc(F)cc2)o1. The quantitative estimate of drug-likeness (QED) is 0.338. The van der Waals surface area contributed by atoms with Crippen LogP contribution in [0.2, 0.25) is 0 Å². The number of benzene rings is 2. The van der Waals surface area contributed by atoms with E-state index in [0.29, 0.717) is 22.5 Å². The van der Waals surface area contributed by atoms with Gasteiger partial charge in [-0.2, -0.15) is 0 Å². The molecule has 0 amide bonds. The Hall–Kier alpha value is -3.39. The van der Waals surface area contributed by atoms with Gasteiger partial charge in [-0.25, -0.2) is 9.18 Å². The highest BCUT2D eigenvalue weighted by Crippen LogP contribution is 2.30. The van der Waals surface area contributed by atoms with Gasteiger partial charge < -0.3 is 9.15 Å². The fraction of sp³-hybridized carbons (Fsp3) is 0.0952. The molecule has 0 saturated carbocycles. The molecule has 4 rings (SSSR count). The molecule has 0 atom stereocenters. The normalized spacial score (nSPS) is 10.8. The minimum absolute atomic E-state index is 0.146. The average Bonchev–Trinajstić information content (AvgIpc) is 3.40. The number of ether oxygens (including phenoxy) is 1. The van der Waals surface area contributed by atoms with Crippen LogP contribution in [-0.2, 0) is 10.5 Å². The molecule has 0 saturated heterocycles. The molecule has 4 aromatic rings. The summed E-state index contributed by atoms with van der Waals surface area (Å²) in [5.41, 5.74) is 1.63. The summed E-state index contributed by atoms with van der Waals surface area (Å²) >= 11 is 1.40. The number of furan rings is 1. The Labute approximate surface area is 170 Å². The van der Waals surface area contributed by atoms with Crippen LogP contribution in [0, 0.1) is 5.82 Å². The molecule has 2 heterocycles. The van der Waals surface area contributed by atoms with Crippen LogP contribution >= 0.6 is 11.8 Å². The summed E-state index contributed by atoms with van der Waals surface area (Å²) in [7, 11) is 1.30. The fourth-order valence-corrected chi connectivity index (χ4v) is 3.61. The standard InChI is InChI=1S/C21H16FN3O3S/c1-27-20(26)18-12-11-17(28-18)13-29-21-24-23-19(14-5-3-2-4-6-14)25(21)16-9-7-15(22)8-10-16/h2-12H,13H2,1H3. The third-order valence-electron chi connectivity index (χ3n) is 4.14. The van der Waals surface area contributed by atoms with Crippen LogP contribution in [0.25, 0.3) is 17.1 Å². The number of hydrogen-bond donors (Lipinski definition) is 0. The van der Waals surface area contributed by atoms with Crippen molar-refractivity contribution in [3.05, 3.63) is 84.1 Å². The van der Waals surface area contributed by atoms with Crippen LogP contribution in [0.3, 0.4) is 0 Å². The average molecular weight is 409 g/mol. The summed E-state index contributed by atoms with van der Waals surface area (Å²) in [6.45, 7) is 0. The molecule has 146 valence electrons. The fourth-order valence-electron chi connectivity index (χ4n) is 2.76. The molecule has 2 aromatic carbocycles. The predicted octanol–water partition coefficient (Wildman–Crippen LogP) is 4.75. The zero-order valence-electron chi connectivity index (χ0n) is 15.4. The molecule has 0 spiro atoms. The third-order valence-corrected chi connectivity index (χ3v) is 5.09. The first-order valence-corrected chi connectivity index (χ1v) is 9.71. The van der Waals surface area contributed by atoms with Gasteiger partial charge in [-0.3, -0.25) is 4.57 Å². The second kappa shape index (κ2) is 8.32. The number of hydrogen-bond acceptors (Lipinski definition) is 6. The van der Waals surface area contributed by atoms with E-state index in [0.717, 1.165) is 11.3 Å². The Bertz CT molecular complexity index is 1120. The van der Waals surface area contributed by atoms with Gasteiger partial charge in [0.05, 0.1) is 12.9 Å². The molecule has 0 radical (unpaired) electrons. The van der Waals surface area contributed by atoms with Crippen molar-refractivity contribution >= 4 is 17.7 Å². The first-order chi connectivity index (χ1) is 14.2. The van der Waals surface area contributed by atoms with Crippen LogP contribution in [0.1, 0.15) is 16.3 Å². The van der Waals surface area contributed by atoms with E-state index in [4.69, 9.17) is 4.42 Å². The molecule has 0 aliphatic rings. The lowest BCUT2D eigenvalue weighted by Crippen LogP contribution is -2.00. The van der Waals surface area contributed by atoms with Crippen molar-refractivity contribution in [1.29, 1.82) is 0 Å². The van der Waals surface area contributed by atoms with Crippen molar-refractivity contribution in [1.82, 2.24) is 14.8 Å². The van der Waals surface area contributed by atoms with Gasteiger partial charge in [0.15, 0.2) is 11.0 Å². The maximum Gasteiger partial charge on any atom is 0.373 e. The van der Waals surface area contributed by atoms with E-state index in [1.807, 2.05) is 34.9 Å². The lowest BCUT2D eigenvalue weighted by molar-refractivity contribution is 0.0563. The first-order valence-electron chi connectivity index (χ1n) is 8.72. The maximum atomic E-state index is 13.4. The van der Waals surface area contributed by atoms with E-state index in [2.05, 4.69) is 14.9 Å². The van der Waals surface area contributed by atoms with Gasteiger partial charge >= 0.3 is 5.97 Å². The van der Waals surface area contributed by atoms with Crippen LogP contribution < -0.4 is 0 Å². The van der Waals surface area contributed by atoms with E-state index < -0.39 is 5.97 Å². The molecule has 8 heteroatoms. The van der Waals surface area contributed by atoms with E-state index in [-0.39, 0.29) is 11.6 Å². The Kier molecular flexibility index (Phi) is 5.44. The molecular formula is C21H16FN3O3S. The molecule has 0 aliphatic carbocycles. The number of carbonyl (C=O) groups excluding carboxylic acids is 1. The van der Waals surface area contributed by atoms with Gasteiger partial charge in [0.1, 0.15) is 11.6 Å². The van der Waals surface area contributed by atoms with Crippen molar-refractivity contribution in [3.63, 3.8) is 0 Å². The highest BCUT2D eigenvalue weighted by Gasteiger charge is 2.17. The summed E-state index contributed by atoms with van der Waals surface area (Å²) in [6.07, 6.45) is 0. The molecule has 0 bridgehead atoms. The van der Waals surface area contributed by atoms with Crippen molar-refractivity contribution in [3.8, 4) is 17.1 Å². The molecule has 0 fully saturated rings. The van der Waals surface area contributed by atoms with Gasteiger partial charge in [0, 0.05) is 11.3 Å². The van der Waals surface area contributed by atoms with Gasteiger partial charge in [-0.1, -0.05) is 42.1 Å². The summed E-state index contributed by atoms with van der Waals surface area (Å²) in [4.78, 5) is 11.5. The number of thioether (sulfide) groups is 1. The van der Waals surface area contributed by atoms with Gasteiger partial charge in [-0.05, 0) is 36.4 Å². The number of methoxy groups -OCH3 is 1. The monoisotopic (exact) mass is 409 g/mol. The van der Waals surface area contributed by atoms with Crippen LogP contribution in [-0.4, -0.2) is 27.8 Å². The van der Waals surface area contributed by atoms with Gasteiger partial charge in [0.2, 0.25) is 5.76 Å². The third kappa shape index (κ3) is 4.07. The summed E-state index contributed by atoms with van der Waals surface area (Å²) in [5.74, 6) is 0.989. The smallest absolute Gasteiger partial charge is 0.373 e. The topological polar surface area (TPSA) is 70.2 Å². The van der Waals surface area contributed by atoms with E-state index in [1.54, 1.807) is 24.3 Å². The van der Waals surface area contributed by atoms with Crippen molar-refractivity contribution in [2.24, 2.45) is 0 Å². The highest BCUT2D eigenvalue weighted by molar-refractivity contribution is 7.98. The Balaban J connectivity index is 1.66. The Morgan fingerprint density at radius 3 is 2.55 bits per heavy atom. The van der Waals surface area contributed by atoms with Crippen molar-refractivity contribution < 1.29 is 18.3 Å². The number of aromatic nitrogens is 3. The Morgan fingerprint density at radius 1 is 1.07 bits per heavy atom. The number of nitrogens with zero attached hydrogens (tertiary/aromatic N) is 3. The van der Waals surface area contributed by atoms with Crippen LogP contribution in [0.5, 0.6) is 0 Å². The largest absolute Gasteiger partial charge is 0.463 e. The maximum absolute atomic E-state index is 13.4. The zero-order chi connectivity index (χ0) is 20.2. The van der Waals surface area contributed by atoms with E-state index >= 15 is 0 Å². The van der Waals surface area contributed by atoms with Crippen LogP contribution in [0.4, 0.5) is 4.39 Å². The van der Waals surface area contributed by atoms with Gasteiger partial charge in [0.25, 0.3) is 0 Å². The second-order valence-corrected chi connectivity index (χ2v) is 6.97. The minimum Gasteiger partial charge on any atom is -0.463 e. The number of halogens is 1. The predicted molar refractivity (Wildman–Crippen MR) is 106 cm³/mol. The highest BCUT2D eigenvalue weighted by atomic mass is 32.2. The number of carbonyl (C=O) groups is 1. The van der Waals surface area contributed by atoms with Crippen molar-refractivity contribution in [2.45, 2.75) is 10.9 Å². The van der Waals surface area contributed by atoms with Crippen LogP contribution in [0.15, 0.2) is 76.3 Å².